The normalized spacial score (nSPS) is 15.5. The van der Waals surface area contributed by atoms with Gasteiger partial charge in [0, 0.05) is 32.4 Å². The summed E-state index contributed by atoms with van der Waals surface area (Å²) in [6.07, 6.45) is 3.50. The molecule has 1 aliphatic heterocycles. The SMILES string of the molecule is CN(C(=O)c1ccccc1F)C1CCN(c2ccccn2)CC1. The predicted octanol–water partition coefficient (Wildman–Crippen LogP) is 2.96. The fourth-order valence-electron chi connectivity index (χ4n) is 3.01. The number of pyridine rings is 1. The number of carbonyl (C=O) groups excluding carboxylic acids is 1. The van der Waals surface area contributed by atoms with E-state index < -0.39 is 5.82 Å². The molecule has 1 aliphatic rings. The van der Waals surface area contributed by atoms with Crippen molar-refractivity contribution in [3.8, 4) is 0 Å². The van der Waals surface area contributed by atoms with E-state index >= 15 is 0 Å². The monoisotopic (exact) mass is 313 g/mol. The Labute approximate surface area is 135 Å². The molecule has 0 radical (unpaired) electrons. The third kappa shape index (κ3) is 3.33. The average Bonchev–Trinajstić information content (AvgIpc) is 2.62. The van der Waals surface area contributed by atoms with Crippen LogP contribution in [0, 0.1) is 5.82 Å². The molecule has 2 aromatic rings. The number of halogens is 1. The van der Waals surface area contributed by atoms with E-state index in [1.165, 1.54) is 12.1 Å². The summed E-state index contributed by atoms with van der Waals surface area (Å²) in [5.74, 6) is 0.253. The maximum atomic E-state index is 13.8. The molecule has 0 spiro atoms. The van der Waals surface area contributed by atoms with Crippen LogP contribution in [0.2, 0.25) is 0 Å². The first kappa shape index (κ1) is 15.5. The van der Waals surface area contributed by atoms with Crippen molar-refractivity contribution >= 4 is 11.7 Å². The van der Waals surface area contributed by atoms with Gasteiger partial charge in [0.2, 0.25) is 0 Å². The number of rotatable bonds is 3. The van der Waals surface area contributed by atoms with Gasteiger partial charge in [-0.15, -0.1) is 0 Å². The van der Waals surface area contributed by atoms with Crippen molar-refractivity contribution in [2.45, 2.75) is 18.9 Å². The molecule has 0 N–H and O–H groups in total. The Morgan fingerprint density at radius 1 is 1.17 bits per heavy atom. The molecule has 1 saturated heterocycles. The molecular weight excluding hydrogens is 293 g/mol. The van der Waals surface area contributed by atoms with E-state index in [1.54, 1.807) is 30.3 Å². The molecule has 0 saturated carbocycles. The Bertz CT molecular complexity index is 669. The first-order chi connectivity index (χ1) is 11.2. The minimum absolute atomic E-state index is 0.127. The highest BCUT2D eigenvalue weighted by Crippen LogP contribution is 2.21. The molecule has 1 fully saturated rings. The molecule has 0 aliphatic carbocycles. The maximum absolute atomic E-state index is 13.8. The summed E-state index contributed by atoms with van der Waals surface area (Å²) in [5.41, 5.74) is 0.141. The molecule has 0 bridgehead atoms. The molecule has 4 nitrogen and oxygen atoms in total. The predicted molar refractivity (Wildman–Crippen MR) is 88.0 cm³/mol. The summed E-state index contributed by atoms with van der Waals surface area (Å²) in [5, 5.41) is 0. The Morgan fingerprint density at radius 2 is 1.87 bits per heavy atom. The van der Waals surface area contributed by atoms with Gasteiger partial charge in [0.25, 0.3) is 5.91 Å². The van der Waals surface area contributed by atoms with Crippen molar-refractivity contribution in [2.24, 2.45) is 0 Å². The smallest absolute Gasteiger partial charge is 0.256 e. The molecule has 1 aromatic heterocycles. The zero-order valence-corrected chi connectivity index (χ0v) is 13.2. The quantitative estimate of drug-likeness (QED) is 0.874. The molecule has 5 heteroatoms. The van der Waals surface area contributed by atoms with E-state index in [9.17, 15) is 9.18 Å². The Balaban J connectivity index is 1.63. The number of carbonyl (C=O) groups is 1. The molecule has 1 amide bonds. The van der Waals surface area contributed by atoms with Gasteiger partial charge in [-0.25, -0.2) is 9.37 Å². The topological polar surface area (TPSA) is 36.4 Å². The number of piperidine rings is 1. The second kappa shape index (κ2) is 6.77. The second-order valence-corrected chi connectivity index (χ2v) is 5.80. The molecule has 2 heterocycles. The van der Waals surface area contributed by atoms with Crippen molar-refractivity contribution < 1.29 is 9.18 Å². The number of hydrogen-bond donors (Lipinski definition) is 0. The van der Waals surface area contributed by atoms with Gasteiger partial charge >= 0.3 is 0 Å². The lowest BCUT2D eigenvalue weighted by Crippen LogP contribution is -2.46. The lowest BCUT2D eigenvalue weighted by Gasteiger charge is -2.37. The fraction of sp³-hybridized carbons (Fsp3) is 0.333. The molecular formula is C18H20FN3O. The minimum Gasteiger partial charge on any atom is -0.356 e. The van der Waals surface area contributed by atoms with E-state index in [0.29, 0.717) is 0 Å². The van der Waals surface area contributed by atoms with Crippen molar-refractivity contribution in [1.29, 1.82) is 0 Å². The molecule has 0 unspecified atom stereocenters. The Hall–Kier alpha value is -2.43. The largest absolute Gasteiger partial charge is 0.356 e. The number of benzene rings is 1. The highest BCUT2D eigenvalue weighted by molar-refractivity contribution is 5.94. The fourth-order valence-corrected chi connectivity index (χ4v) is 3.01. The van der Waals surface area contributed by atoms with Crippen molar-refractivity contribution in [1.82, 2.24) is 9.88 Å². The van der Waals surface area contributed by atoms with E-state index in [2.05, 4.69) is 9.88 Å². The molecule has 120 valence electrons. The number of amides is 1. The van der Waals surface area contributed by atoms with E-state index in [-0.39, 0.29) is 17.5 Å². The van der Waals surface area contributed by atoms with Crippen molar-refractivity contribution in [2.75, 3.05) is 25.0 Å². The van der Waals surface area contributed by atoms with Crippen LogP contribution in [0.4, 0.5) is 10.2 Å². The number of anilines is 1. The first-order valence-electron chi connectivity index (χ1n) is 7.84. The number of aromatic nitrogens is 1. The van der Waals surface area contributed by atoms with Gasteiger partial charge in [-0.3, -0.25) is 4.79 Å². The van der Waals surface area contributed by atoms with Crippen molar-refractivity contribution in [3.63, 3.8) is 0 Å². The zero-order valence-electron chi connectivity index (χ0n) is 13.2. The van der Waals surface area contributed by atoms with Crippen LogP contribution in [0.5, 0.6) is 0 Å². The third-order valence-corrected chi connectivity index (χ3v) is 4.41. The average molecular weight is 313 g/mol. The van der Waals surface area contributed by atoms with E-state index in [0.717, 1.165) is 31.7 Å². The van der Waals surface area contributed by atoms with Gasteiger partial charge in [0.1, 0.15) is 11.6 Å². The van der Waals surface area contributed by atoms with Gasteiger partial charge in [-0.1, -0.05) is 18.2 Å². The highest BCUT2D eigenvalue weighted by Gasteiger charge is 2.27. The number of nitrogens with zero attached hydrogens (tertiary/aromatic N) is 3. The van der Waals surface area contributed by atoms with Crippen LogP contribution in [-0.4, -0.2) is 42.0 Å². The van der Waals surface area contributed by atoms with Crippen molar-refractivity contribution in [3.05, 3.63) is 60.0 Å². The molecule has 3 rings (SSSR count). The lowest BCUT2D eigenvalue weighted by molar-refractivity contribution is 0.0704. The number of hydrogen-bond acceptors (Lipinski definition) is 3. The standard InChI is InChI=1S/C18H20FN3O/c1-21(18(23)15-6-2-3-7-16(15)19)14-9-12-22(13-10-14)17-8-4-5-11-20-17/h2-8,11,14H,9-10,12-13H2,1H3. The summed E-state index contributed by atoms with van der Waals surface area (Å²) in [6.45, 7) is 1.69. The maximum Gasteiger partial charge on any atom is 0.256 e. The van der Waals surface area contributed by atoms with Crippen LogP contribution in [0.1, 0.15) is 23.2 Å². The van der Waals surface area contributed by atoms with E-state index in [4.69, 9.17) is 0 Å². The van der Waals surface area contributed by atoms with Gasteiger partial charge in [0.05, 0.1) is 5.56 Å². The van der Waals surface area contributed by atoms with Crippen LogP contribution in [0.3, 0.4) is 0 Å². The third-order valence-electron chi connectivity index (χ3n) is 4.41. The summed E-state index contributed by atoms with van der Waals surface area (Å²) in [7, 11) is 1.76. The van der Waals surface area contributed by atoms with Crippen LogP contribution >= 0.6 is 0 Å². The lowest BCUT2D eigenvalue weighted by atomic mass is 10.0. The van der Waals surface area contributed by atoms with Gasteiger partial charge in [0.15, 0.2) is 0 Å². The Morgan fingerprint density at radius 3 is 2.52 bits per heavy atom. The van der Waals surface area contributed by atoms with Gasteiger partial charge in [-0.05, 0) is 37.1 Å². The summed E-state index contributed by atoms with van der Waals surface area (Å²) >= 11 is 0. The highest BCUT2D eigenvalue weighted by atomic mass is 19.1. The summed E-state index contributed by atoms with van der Waals surface area (Å²) in [6, 6.07) is 12.1. The van der Waals surface area contributed by atoms with Crippen LogP contribution in [0.15, 0.2) is 48.7 Å². The summed E-state index contributed by atoms with van der Waals surface area (Å²) < 4.78 is 13.8. The van der Waals surface area contributed by atoms with E-state index in [1.807, 2.05) is 18.2 Å². The van der Waals surface area contributed by atoms with Crippen LogP contribution < -0.4 is 4.90 Å². The first-order valence-corrected chi connectivity index (χ1v) is 7.84. The molecule has 23 heavy (non-hydrogen) atoms. The van der Waals surface area contributed by atoms with Crippen LogP contribution in [0.25, 0.3) is 0 Å². The van der Waals surface area contributed by atoms with Gasteiger partial charge in [-0.2, -0.15) is 0 Å². The Kier molecular flexibility index (Phi) is 4.55. The molecule has 0 atom stereocenters. The zero-order chi connectivity index (χ0) is 16.2. The summed E-state index contributed by atoms with van der Waals surface area (Å²) in [4.78, 5) is 20.7. The molecule has 1 aromatic carbocycles. The van der Waals surface area contributed by atoms with Gasteiger partial charge < -0.3 is 9.80 Å². The minimum atomic E-state index is -0.463. The second-order valence-electron chi connectivity index (χ2n) is 5.80. The van der Waals surface area contributed by atoms with Crippen LogP contribution in [-0.2, 0) is 0 Å².